The van der Waals surface area contributed by atoms with Crippen molar-refractivity contribution < 1.29 is 21.6 Å². The lowest BCUT2D eigenvalue weighted by Gasteiger charge is -2.02. The van der Waals surface area contributed by atoms with Crippen LogP contribution in [-0.4, -0.2) is 14.2 Å². The van der Waals surface area contributed by atoms with E-state index < -0.39 is 32.3 Å². The van der Waals surface area contributed by atoms with Crippen LogP contribution in [0.15, 0.2) is 12.1 Å². The summed E-state index contributed by atoms with van der Waals surface area (Å²) in [6.45, 7) is 0. The van der Waals surface area contributed by atoms with Gasteiger partial charge in [0, 0.05) is 10.7 Å². The number of hydrogen-bond acceptors (Lipinski definition) is 2. The van der Waals surface area contributed by atoms with Crippen molar-refractivity contribution in [3.63, 3.8) is 0 Å². The van der Waals surface area contributed by atoms with Crippen molar-refractivity contribution in [1.82, 2.24) is 0 Å². The van der Waals surface area contributed by atoms with E-state index in [1.807, 2.05) is 0 Å². The average Bonchev–Trinajstić information content (AvgIpc) is 2.12. The lowest BCUT2D eigenvalue weighted by molar-refractivity contribution is 0.441. The molecule has 15 heavy (non-hydrogen) atoms. The second-order valence-corrected chi connectivity index (χ2v) is 5.72. The van der Waals surface area contributed by atoms with Crippen molar-refractivity contribution >= 4 is 19.7 Å². The molecule has 0 bridgehead atoms. The molecule has 0 amide bonds. The van der Waals surface area contributed by atoms with Crippen LogP contribution in [-0.2, 0) is 15.5 Å². The van der Waals surface area contributed by atoms with Crippen LogP contribution in [0.3, 0.4) is 0 Å². The quantitative estimate of drug-likeness (QED) is 0.615. The number of benzene rings is 1. The molecule has 1 aromatic rings. The van der Waals surface area contributed by atoms with Gasteiger partial charge < -0.3 is 0 Å². The predicted molar refractivity (Wildman–Crippen MR) is 49.7 cm³/mol. The Hall–Kier alpha value is -0.750. The largest absolute Gasteiger partial charge is 0.232 e. The van der Waals surface area contributed by atoms with Crippen LogP contribution in [0.4, 0.5) is 13.2 Å². The van der Waals surface area contributed by atoms with Gasteiger partial charge in [-0.05, 0) is 18.1 Å². The molecule has 0 aliphatic heterocycles. The van der Waals surface area contributed by atoms with E-state index in [4.69, 9.17) is 10.7 Å². The third-order valence-corrected chi connectivity index (χ3v) is 2.89. The second-order valence-electron chi connectivity index (χ2n) is 2.83. The molecule has 0 saturated carbocycles. The summed E-state index contributed by atoms with van der Waals surface area (Å²) in [6.07, 6.45) is -0.297. The third kappa shape index (κ3) is 3.39. The van der Waals surface area contributed by atoms with Crippen molar-refractivity contribution in [1.29, 1.82) is 0 Å². The molecule has 0 N–H and O–H groups in total. The first-order valence-corrected chi connectivity index (χ1v) is 6.34. The van der Waals surface area contributed by atoms with Crippen molar-refractivity contribution in [3.05, 3.63) is 35.1 Å². The standard InChI is InChI=1S/C8H6ClF3O2S/c9-15(13,14)4-3-5-1-2-6(10)8(12)7(5)11/h1-2H,3-4H2. The minimum Gasteiger partial charge on any atom is -0.212 e. The van der Waals surface area contributed by atoms with Crippen LogP contribution in [0.5, 0.6) is 0 Å². The van der Waals surface area contributed by atoms with E-state index in [9.17, 15) is 21.6 Å². The average molecular weight is 259 g/mol. The lowest BCUT2D eigenvalue weighted by atomic mass is 10.1. The summed E-state index contributed by atoms with van der Waals surface area (Å²) in [5, 5.41) is 0. The summed E-state index contributed by atoms with van der Waals surface area (Å²) in [5.74, 6) is -4.84. The van der Waals surface area contributed by atoms with Gasteiger partial charge in [-0.1, -0.05) is 6.07 Å². The molecule has 0 fully saturated rings. The Labute approximate surface area is 89.1 Å². The topological polar surface area (TPSA) is 34.1 Å². The summed E-state index contributed by atoms with van der Waals surface area (Å²) < 4.78 is 59.2. The van der Waals surface area contributed by atoms with Gasteiger partial charge in [0.2, 0.25) is 9.05 Å². The number of halogens is 4. The summed E-state index contributed by atoms with van der Waals surface area (Å²) in [6, 6.07) is 1.71. The fourth-order valence-corrected chi connectivity index (χ4v) is 1.69. The van der Waals surface area contributed by atoms with E-state index in [2.05, 4.69) is 0 Å². The van der Waals surface area contributed by atoms with Crippen molar-refractivity contribution in [3.8, 4) is 0 Å². The predicted octanol–water partition coefficient (Wildman–Crippen LogP) is 2.21. The fraction of sp³-hybridized carbons (Fsp3) is 0.250. The van der Waals surface area contributed by atoms with Gasteiger partial charge in [-0.25, -0.2) is 21.6 Å². The Kier molecular flexibility index (Phi) is 3.62. The molecule has 0 aromatic heterocycles. The molecule has 7 heteroatoms. The Morgan fingerprint density at radius 3 is 2.27 bits per heavy atom. The van der Waals surface area contributed by atoms with Gasteiger partial charge >= 0.3 is 0 Å². The van der Waals surface area contributed by atoms with E-state index in [0.717, 1.165) is 12.1 Å². The lowest BCUT2D eigenvalue weighted by Crippen LogP contribution is -2.05. The van der Waals surface area contributed by atoms with Crippen LogP contribution >= 0.6 is 10.7 Å². The smallest absolute Gasteiger partial charge is 0.212 e. The van der Waals surface area contributed by atoms with Gasteiger partial charge in [-0.15, -0.1) is 0 Å². The van der Waals surface area contributed by atoms with E-state index in [1.54, 1.807) is 0 Å². The first-order valence-electron chi connectivity index (χ1n) is 3.86. The first-order chi connectivity index (χ1) is 6.81. The van der Waals surface area contributed by atoms with Crippen LogP contribution in [0, 0.1) is 17.5 Å². The molecule has 0 aliphatic carbocycles. The van der Waals surface area contributed by atoms with Crippen LogP contribution in [0.1, 0.15) is 5.56 Å². The molecule has 0 saturated heterocycles. The molecule has 0 radical (unpaired) electrons. The SMILES string of the molecule is O=S(=O)(Cl)CCc1ccc(F)c(F)c1F. The first kappa shape index (κ1) is 12.3. The Balaban J connectivity index is 2.93. The summed E-state index contributed by atoms with van der Waals surface area (Å²) in [4.78, 5) is 0. The van der Waals surface area contributed by atoms with E-state index in [0.29, 0.717) is 0 Å². The number of hydrogen-bond donors (Lipinski definition) is 0. The molecule has 0 spiro atoms. The summed E-state index contributed by atoms with van der Waals surface area (Å²) in [5.41, 5.74) is -0.224. The molecular weight excluding hydrogens is 253 g/mol. The molecule has 0 aliphatic rings. The highest BCUT2D eigenvalue weighted by Gasteiger charge is 2.15. The molecule has 1 aromatic carbocycles. The highest BCUT2D eigenvalue weighted by atomic mass is 35.7. The molecule has 2 nitrogen and oxygen atoms in total. The number of rotatable bonds is 3. The molecule has 84 valence electrons. The molecule has 1 rings (SSSR count). The highest BCUT2D eigenvalue weighted by molar-refractivity contribution is 8.13. The Morgan fingerprint density at radius 1 is 1.13 bits per heavy atom. The van der Waals surface area contributed by atoms with E-state index >= 15 is 0 Å². The minimum atomic E-state index is -3.77. The van der Waals surface area contributed by atoms with Gasteiger partial charge in [0.15, 0.2) is 17.5 Å². The maximum atomic E-state index is 13.0. The summed E-state index contributed by atoms with van der Waals surface area (Å²) in [7, 11) is 1.12. The van der Waals surface area contributed by atoms with Crippen molar-refractivity contribution in [2.75, 3.05) is 5.75 Å². The van der Waals surface area contributed by atoms with E-state index in [-0.39, 0.29) is 12.0 Å². The number of aryl methyl sites for hydroxylation is 1. The second kappa shape index (κ2) is 4.40. The van der Waals surface area contributed by atoms with E-state index in [1.165, 1.54) is 0 Å². The highest BCUT2D eigenvalue weighted by Crippen LogP contribution is 2.16. The van der Waals surface area contributed by atoms with Crippen LogP contribution in [0.2, 0.25) is 0 Å². The molecule has 0 atom stereocenters. The maximum Gasteiger partial charge on any atom is 0.232 e. The normalized spacial score (nSPS) is 11.7. The minimum absolute atomic E-state index is 0.224. The zero-order valence-corrected chi connectivity index (χ0v) is 8.88. The van der Waals surface area contributed by atoms with Crippen LogP contribution < -0.4 is 0 Å². The Bertz CT molecular complexity index is 473. The monoisotopic (exact) mass is 258 g/mol. The molecule has 0 unspecified atom stereocenters. The van der Waals surface area contributed by atoms with Gasteiger partial charge in [0.1, 0.15) is 0 Å². The Morgan fingerprint density at radius 2 is 1.73 bits per heavy atom. The zero-order chi connectivity index (χ0) is 11.6. The van der Waals surface area contributed by atoms with Gasteiger partial charge in [0.25, 0.3) is 0 Å². The van der Waals surface area contributed by atoms with Crippen molar-refractivity contribution in [2.45, 2.75) is 6.42 Å². The van der Waals surface area contributed by atoms with Crippen molar-refractivity contribution in [2.24, 2.45) is 0 Å². The maximum absolute atomic E-state index is 13.0. The summed E-state index contributed by atoms with van der Waals surface area (Å²) >= 11 is 0. The third-order valence-electron chi connectivity index (χ3n) is 1.73. The van der Waals surface area contributed by atoms with Crippen LogP contribution in [0.25, 0.3) is 0 Å². The van der Waals surface area contributed by atoms with Gasteiger partial charge in [-0.3, -0.25) is 0 Å². The zero-order valence-electron chi connectivity index (χ0n) is 7.31. The van der Waals surface area contributed by atoms with Gasteiger partial charge in [-0.2, -0.15) is 0 Å². The fourth-order valence-electron chi connectivity index (χ4n) is 0.991. The van der Waals surface area contributed by atoms with Gasteiger partial charge in [0.05, 0.1) is 5.75 Å². The molecular formula is C8H6ClF3O2S. The molecule has 0 heterocycles.